The Morgan fingerprint density at radius 3 is 2.73 bits per heavy atom. The molecule has 0 unspecified atom stereocenters. The molecule has 1 N–H and O–H groups in total. The van der Waals surface area contributed by atoms with Crippen LogP contribution >= 0.6 is 0 Å². The first-order valence-electron chi connectivity index (χ1n) is 8.05. The fourth-order valence-electron chi connectivity index (χ4n) is 2.61. The summed E-state index contributed by atoms with van der Waals surface area (Å²) in [5.41, 5.74) is 5.18. The lowest BCUT2D eigenvalue weighted by molar-refractivity contribution is 0.516. The number of rotatable bonds is 5. The topological polar surface area (TPSA) is 12.0 Å². The Hall–Kier alpha value is -2.02. The lowest BCUT2D eigenvalue weighted by atomic mass is 9.86. The second kappa shape index (κ2) is 7.31. The van der Waals surface area contributed by atoms with Crippen molar-refractivity contribution in [2.75, 3.05) is 11.9 Å². The number of allylic oxidation sites excluding steroid dienone is 6. The highest BCUT2D eigenvalue weighted by molar-refractivity contribution is 5.76. The summed E-state index contributed by atoms with van der Waals surface area (Å²) >= 11 is 0. The van der Waals surface area contributed by atoms with Gasteiger partial charge in [-0.15, -0.1) is 0 Å². The van der Waals surface area contributed by atoms with Crippen LogP contribution in [-0.4, -0.2) is 6.54 Å². The standard InChI is InChI=1S/C21H27N/c1-5-19(21(2,3)4)14-15-22-20-13-9-12-18(16-20)17-10-7-6-8-11-17/h5,7,9-14,16,22H,1,6,8,15H2,2-4H3/b19-14+. The first-order chi connectivity index (χ1) is 10.5. The smallest absolute Gasteiger partial charge is 0.0348 e. The van der Waals surface area contributed by atoms with Gasteiger partial charge in [-0.1, -0.05) is 69.9 Å². The molecule has 22 heavy (non-hydrogen) atoms. The minimum Gasteiger partial charge on any atom is -0.382 e. The van der Waals surface area contributed by atoms with Crippen molar-refractivity contribution in [3.8, 4) is 0 Å². The van der Waals surface area contributed by atoms with Gasteiger partial charge in [-0.25, -0.2) is 0 Å². The highest BCUT2D eigenvalue weighted by Gasteiger charge is 2.13. The molecule has 0 radical (unpaired) electrons. The van der Waals surface area contributed by atoms with E-state index in [0.717, 1.165) is 25.1 Å². The van der Waals surface area contributed by atoms with E-state index in [1.807, 2.05) is 6.08 Å². The van der Waals surface area contributed by atoms with E-state index in [2.05, 4.69) is 81.2 Å². The maximum absolute atomic E-state index is 3.92. The van der Waals surface area contributed by atoms with E-state index in [1.165, 1.54) is 16.7 Å². The summed E-state index contributed by atoms with van der Waals surface area (Å²) in [6, 6.07) is 8.63. The van der Waals surface area contributed by atoms with Gasteiger partial charge in [-0.3, -0.25) is 0 Å². The molecule has 1 aliphatic rings. The molecule has 0 atom stereocenters. The summed E-state index contributed by atoms with van der Waals surface area (Å²) in [6.45, 7) is 11.4. The fourth-order valence-corrected chi connectivity index (χ4v) is 2.61. The van der Waals surface area contributed by atoms with E-state index in [1.54, 1.807) is 0 Å². The molecule has 2 rings (SSSR count). The van der Waals surface area contributed by atoms with Crippen LogP contribution in [0, 0.1) is 5.41 Å². The molecule has 0 bridgehead atoms. The van der Waals surface area contributed by atoms with E-state index in [0.29, 0.717) is 0 Å². The van der Waals surface area contributed by atoms with Crippen molar-refractivity contribution in [2.24, 2.45) is 5.41 Å². The fraction of sp³-hybridized carbons (Fsp3) is 0.333. The first kappa shape index (κ1) is 16.4. The molecule has 1 aromatic carbocycles. The predicted molar refractivity (Wildman–Crippen MR) is 99.0 cm³/mol. The maximum atomic E-state index is 3.92. The third-order valence-corrected chi connectivity index (χ3v) is 3.90. The molecule has 0 fully saturated rings. The number of hydrogen-bond acceptors (Lipinski definition) is 1. The van der Waals surface area contributed by atoms with Gasteiger partial charge in [-0.05, 0) is 47.1 Å². The number of benzene rings is 1. The van der Waals surface area contributed by atoms with Crippen LogP contribution in [0.1, 0.15) is 39.2 Å². The summed E-state index contributed by atoms with van der Waals surface area (Å²) in [5.74, 6) is 0. The SMILES string of the molecule is C=C/C(=C\CNc1cccc(C2=CCCC=C2)c1)C(C)(C)C. The van der Waals surface area contributed by atoms with Crippen LogP contribution in [0.5, 0.6) is 0 Å². The zero-order chi connectivity index (χ0) is 16.0. The minimum absolute atomic E-state index is 0.142. The lowest BCUT2D eigenvalue weighted by Gasteiger charge is -2.20. The Morgan fingerprint density at radius 2 is 2.09 bits per heavy atom. The Labute approximate surface area is 135 Å². The van der Waals surface area contributed by atoms with Gasteiger partial charge in [0, 0.05) is 12.2 Å². The van der Waals surface area contributed by atoms with Gasteiger partial charge in [0.05, 0.1) is 0 Å². The van der Waals surface area contributed by atoms with Crippen LogP contribution in [0.4, 0.5) is 5.69 Å². The van der Waals surface area contributed by atoms with Crippen molar-refractivity contribution in [1.82, 2.24) is 0 Å². The number of hydrogen-bond donors (Lipinski definition) is 1. The van der Waals surface area contributed by atoms with Gasteiger partial charge in [0.25, 0.3) is 0 Å². The van der Waals surface area contributed by atoms with Crippen molar-refractivity contribution in [1.29, 1.82) is 0 Å². The zero-order valence-corrected chi connectivity index (χ0v) is 14.0. The second-order valence-electron chi connectivity index (χ2n) is 6.71. The molecule has 1 aromatic rings. The first-order valence-corrected chi connectivity index (χ1v) is 8.05. The van der Waals surface area contributed by atoms with Crippen LogP contribution in [0.25, 0.3) is 5.57 Å². The Bertz CT molecular complexity index is 609. The Morgan fingerprint density at radius 1 is 1.27 bits per heavy atom. The molecular weight excluding hydrogens is 266 g/mol. The average molecular weight is 293 g/mol. The van der Waals surface area contributed by atoms with E-state index >= 15 is 0 Å². The Kier molecular flexibility index (Phi) is 5.43. The molecule has 0 amide bonds. The van der Waals surface area contributed by atoms with Crippen molar-refractivity contribution in [3.05, 3.63) is 72.4 Å². The van der Waals surface area contributed by atoms with Crippen LogP contribution in [-0.2, 0) is 0 Å². The molecular formula is C21H27N. The summed E-state index contributed by atoms with van der Waals surface area (Å²) < 4.78 is 0. The Balaban J connectivity index is 2.05. The van der Waals surface area contributed by atoms with Crippen LogP contribution in [0.15, 0.2) is 66.8 Å². The van der Waals surface area contributed by atoms with E-state index in [-0.39, 0.29) is 5.41 Å². The number of nitrogens with one attached hydrogen (secondary N) is 1. The number of anilines is 1. The van der Waals surface area contributed by atoms with Crippen molar-refractivity contribution < 1.29 is 0 Å². The monoisotopic (exact) mass is 293 g/mol. The molecule has 0 spiro atoms. The molecule has 0 saturated heterocycles. The highest BCUT2D eigenvalue weighted by atomic mass is 14.9. The second-order valence-corrected chi connectivity index (χ2v) is 6.71. The van der Waals surface area contributed by atoms with Gasteiger partial charge in [0.1, 0.15) is 0 Å². The van der Waals surface area contributed by atoms with Crippen LogP contribution < -0.4 is 5.32 Å². The summed E-state index contributed by atoms with van der Waals surface area (Å²) in [6.07, 6.45) is 13.3. The molecule has 116 valence electrons. The van der Waals surface area contributed by atoms with Gasteiger partial charge in [0.15, 0.2) is 0 Å². The summed E-state index contributed by atoms with van der Waals surface area (Å²) in [5, 5.41) is 3.49. The van der Waals surface area contributed by atoms with Gasteiger partial charge < -0.3 is 5.32 Å². The van der Waals surface area contributed by atoms with Gasteiger partial charge in [-0.2, -0.15) is 0 Å². The summed E-state index contributed by atoms with van der Waals surface area (Å²) in [4.78, 5) is 0. The molecule has 0 heterocycles. The van der Waals surface area contributed by atoms with E-state index in [4.69, 9.17) is 0 Å². The molecule has 1 aliphatic carbocycles. The van der Waals surface area contributed by atoms with Crippen molar-refractivity contribution in [3.63, 3.8) is 0 Å². The third-order valence-electron chi connectivity index (χ3n) is 3.90. The maximum Gasteiger partial charge on any atom is 0.0348 e. The quantitative estimate of drug-likeness (QED) is 0.657. The van der Waals surface area contributed by atoms with Crippen molar-refractivity contribution >= 4 is 11.3 Å². The predicted octanol–water partition coefficient (Wildman–Crippen LogP) is 5.99. The van der Waals surface area contributed by atoms with Gasteiger partial charge in [0.2, 0.25) is 0 Å². The average Bonchev–Trinajstić information content (AvgIpc) is 2.51. The molecule has 0 aromatic heterocycles. The third kappa shape index (κ3) is 4.49. The van der Waals surface area contributed by atoms with Crippen LogP contribution in [0.3, 0.4) is 0 Å². The van der Waals surface area contributed by atoms with Crippen LogP contribution in [0.2, 0.25) is 0 Å². The molecule has 0 saturated carbocycles. The minimum atomic E-state index is 0.142. The largest absolute Gasteiger partial charge is 0.382 e. The molecule has 0 aliphatic heterocycles. The molecule has 1 nitrogen and oxygen atoms in total. The van der Waals surface area contributed by atoms with E-state index < -0.39 is 0 Å². The highest BCUT2D eigenvalue weighted by Crippen LogP contribution is 2.26. The van der Waals surface area contributed by atoms with Gasteiger partial charge >= 0.3 is 0 Å². The van der Waals surface area contributed by atoms with E-state index in [9.17, 15) is 0 Å². The lowest BCUT2D eigenvalue weighted by Crippen LogP contribution is -2.09. The normalized spacial score (nSPS) is 15.4. The molecule has 1 heteroatoms. The van der Waals surface area contributed by atoms with Crippen molar-refractivity contribution in [2.45, 2.75) is 33.6 Å². The zero-order valence-electron chi connectivity index (χ0n) is 14.0. The summed E-state index contributed by atoms with van der Waals surface area (Å²) in [7, 11) is 0.